The molecule has 0 spiro atoms. The van der Waals surface area contributed by atoms with Crippen molar-refractivity contribution in [1.29, 1.82) is 0 Å². The van der Waals surface area contributed by atoms with E-state index in [4.69, 9.17) is 0 Å². The van der Waals surface area contributed by atoms with Gasteiger partial charge in [0.15, 0.2) is 0 Å². The lowest BCUT2D eigenvalue weighted by Gasteiger charge is -2.40. The molecule has 1 aliphatic rings. The second-order valence-electron chi connectivity index (χ2n) is 5.96. The van der Waals surface area contributed by atoms with Gasteiger partial charge in [-0.25, -0.2) is 0 Å². The highest BCUT2D eigenvalue weighted by Gasteiger charge is 2.43. The molecule has 0 fully saturated rings. The van der Waals surface area contributed by atoms with Crippen LogP contribution in [0.1, 0.15) is 42.2 Å². The zero-order valence-corrected chi connectivity index (χ0v) is 13.5. The topological polar surface area (TPSA) is 73.7 Å². The van der Waals surface area contributed by atoms with E-state index in [0.29, 0.717) is 12.1 Å². The summed E-state index contributed by atoms with van der Waals surface area (Å²) in [5, 5.41) is 9.39. The molecular weight excluding hydrogens is 282 g/mol. The van der Waals surface area contributed by atoms with Gasteiger partial charge < -0.3 is 14.9 Å². The van der Waals surface area contributed by atoms with Crippen LogP contribution in [0.25, 0.3) is 0 Å². The van der Waals surface area contributed by atoms with E-state index in [9.17, 15) is 14.7 Å². The summed E-state index contributed by atoms with van der Waals surface area (Å²) < 4.78 is 0. The highest BCUT2D eigenvalue weighted by Crippen LogP contribution is 2.34. The van der Waals surface area contributed by atoms with Gasteiger partial charge in [-0.2, -0.15) is 0 Å². The van der Waals surface area contributed by atoms with Crippen LogP contribution in [0.2, 0.25) is 0 Å². The van der Waals surface area contributed by atoms with Crippen molar-refractivity contribution in [2.45, 2.75) is 38.3 Å². The van der Waals surface area contributed by atoms with Gasteiger partial charge in [0.1, 0.15) is 11.7 Å². The van der Waals surface area contributed by atoms with Crippen LogP contribution in [0.4, 0.5) is 0 Å². The van der Waals surface area contributed by atoms with E-state index in [1.54, 1.807) is 31.3 Å². The molecule has 22 heavy (non-hydrogen) atoms. The minimum Gasteiger partial charge on any atom is -0.396 e. The minimum absolute atomic E-state index is 0.0427. The maximum Gasteiger partial charge on any atom is 0.273 e. The Morgan fingerprint density at radius 1 is 1.50 bits per heavy atom. The van der Waals surface area contributed by atoms with Gasteiger partial charge in [0, 0.05) is 38.9 Å². The van der Waals surface area contributed by atoms with Crippen LogP contribution < -0.4 is 0 Å². The first-order valence-electron chi connectivity index (χ1n) is 7.49. The third-order valence-corrected chi connectivity index (χ3v) is 4.38. The molecule has 0 saturated carbocycles. The third-order valence-electron chi connectivity index (χ3n) is 4.38. The molecular formula is C16H23N3O3. The summed E-state index contributed by atoms with van der Waals surface area (Å²) in [5.41, 5.74) is 1.12. The number of carbonyl (C=O) groups excluding carboxylic acids is 2. The first kappa shape index (κ1) is 16.4. The quantitative estimate of drug-likeness (QED) is 0.896. The van der Waals surface area contributed by atoms with E-state index in [2.05, 4.69) is 4.98 Å². The fourth-order valence-electron chi connectivity index (χ4n) is 2.88. The lowest BCUT2D eigenvalue weighted by atomic mass is 9.82. The Morgan fingerprint density at radius 2 is 2.18 bits per heavy atom. The van der Waals surface area contributed by atoms with Crippen LogP contribution in [-0.4, -0.2) is 64.5 Å². The number of likely N-dealkylation sites (N-methyl/N-ethyl adjacent to an activating group) is 2. The fraction of sp³-hybridized carbons (Fsp3) is 0.562. The van der Waals surface area contributed by atoms with Crippen molar-refractivity contribution in [3.8, 4) is 0 Å². The van der Waals surface area contributed by atoms with E-state index in [-0.39, 0.29) is 30.4 Å². The summed E-state index contributed by atoms with van der Waals surface area (Å²) in [6, 6.07) is 3.02. The van der Waals surface area contributed by atoms with Crippen LogP contribution in [-0.2, 0) is 4.79 Å². The fourth-order valence-corrected chi connectivity index (χ4v) is 2.88. The Labute approximate surface area is 130 Å². The van der Waals surface area contributed by atoms with Crippen LogP contribution >= 0.6 is 0 Å². The highest BCUT2D eigenvalue weighted by atomic mass is 16.3. The average Bonchev–Trinajstić information content (AvgIpc) is 2.51. The zero-order chi connectivity index (χ0) is 16.4. The molecule has 0 bridgehead atoms. The summed E-state index contributed by atoms with van der Waals surface area (Å²) in [5.74, 6) is -0.607. The Hall–Kier alpha value is -1.95. The van der Waals surface area contributed by atoms with Gasteiger partial charge >= 0.3 is 0 Å². The van der Waals surface area contributed by atoms with E-state index in [1.807, 2.05) is 19.9 Å². The molecule has 1 aromatic rings. The van der Waals surface area contributed by atoms with E-state index < -0.39 is 6.04 Å². The van der Waals surface area contributed by atoms with Gasteiger partial charge in [-0.3, -0.25) is 14.6 Å². The molecule has 120 valence electrons. The Kier molecular flexibility index (Phi) is 4.81. The van der Waals surface area contributed by atoms with Crippen molar-refractivity contribution in [2.24, 2.45) is 0 Å². The number of fused-ring (bicyclic) bond motifs is 1. The average molecular weight is 305 g/mol. The molecule has 2 atom stereocenters. The van der Waals surface area contributed by atoms with Crippen LogP contribution in [0, 0.1) is 0 Å². The maximum absolute atomic E-state index is 12.8. The van der Waals surface area contributed by atoms with Crippen molar-refractivity contribution in [3.05, 3.63) is 29.6 Å². The van der Waals surface area contributed by atoms with Crippen LogP contribution in [0.15, 0.2) is 18.3 Å². The molecule has 1 aliphatic heterocycles. The number of amides is 2. The lowest BCUT2D eigenvalue weighted by Crippen LogP contribution is -2.55. The molecule has 6 nitrogen and oxygen atoms in total. The number of rotatable bonds is 4. The first-order valence-corrected chi connectivity index (χ1v) is 7.49. The number of hydrogen-bond acceptors (Lipinski definition) is 4. The smallest absolute Gasteiger partial charge is 0.273 e. The molecule has 0 unspecified atom stereocenters. The molecule has 1 N–H and O–H groups in total. The molecule has 1 aromatic heterocycles. The molecule has 0 radical (unpaired) electrons. The molecule has 2 rings (SSSR count). The molecule has 0 aliphatic carbocycles. The molecule has 0 saturated heterocycles. The van der Waals surface area contributed by atoms with Crippen molar-refractivity contribution in [3.63, 3.8) is 0 Å². The summed E-state index contributed by atoms with van der Waals surface area (Å²) in [6.07, 6.45) is 1.99. The number of aromatic nitrogens is 1. The van der Waals surface area contributed by atoms with Gasteiger partial charge in [0.2, 0.25) is 5.91 Å². The Balaban J connectivity index is 2.48. The third kappa shape index (κ3) is 2.70. The standard InChI is InChI=1S/C16H23N3O3/c1-10(2)18(3)16(22)14-12(7-9-20)11-6-5-8-17-13(11)15(21)19(14)4/h5-6,8,10,12,14,20H,7,9H2,1-4H3/t12-,14-/m0/s1. The number of carbonyl (C=O) groups is 2. The minimum atomic E-state index is -0.608. The van der Waals surface area contributed by atoms with Gasteiger partial charge in [0.05, 0.1) is 0 Å². The zero-order valence-electron chi connectivity index (χ0n) is 13.5. The SMILES string of the molecule is CC(C)N(C)C(=O)[C@@H]1[C@@H](CCO)c2cccnc2C(=O)N1C. The number of pyridine rings is 1. The molecule has 2 amide bonds. The monoisotopic (exact) mass is 305 g/mol. The summed E-state index contributed by atoms with van der Waals surface area (Å²) in [6.45, 7) is 3.81. The van der Waals surface area contributed by atoms with Crippen molar-refractivity contribution >= 4 is 11.8 Å². The second-order valence-corrected chi connectivity index (χ2v) is 5.96. The van der Waals surface area contributed by atoms with E-state index >= 15 is 0 Å². The maximum atomic E-state index is 12.8. The molecule has 6 heteroatoms. The molecule has 0 aromatic carbocycles. The first-order chi connectivity index (χ1) is 10.4. The van der Waals surface area contributed by atoms with E-state index in [0.717, 1.165) is 5.56 Å². The van der Waals surface area contributed by atoms with Gasteiger partial charge in [0.25, 0.3) is 5.91 Å². The predicted octanol–water partition coefficient (Wildman–Crippen LogP) is 0.869. The largest absolute Gasteiger partial charge is 0.396 e. The van der Waals surface area contributed by atoms with Crippen LogP contribution in [0.5, 0.6) is 0 Å². The van der Waals surface area contributed by atoms with Gasteiger partial charge in [-0.15, -0.1) is 0 Å². The number of nitrogens with zero attached hydrogens (tertiary/aromatic N) is 3. The number of hydrogen-bond donors (Lipinski definition) is 1. The van der Waals surface area contributed by atoms with Crippen LogP contribution in [0.3, 0.4) is 0 Å². The van der Waals surface area contributed by atoms with E-state index in [1.165, 1.54) is 4.90 Å². The number of aliphatic hydroxyl groups excluding tert-OH is 1. The summed E-state index contributed by atoms with van der Waals surface area (Å²) in [7, 11) is 3.36. The lowest BCUT2D eigenvalue weighted by molar-refractivity contribution is -0.137. The summed E-state index contributed by atoms with van der Waals surface area (Å²) in [4.78, 5) is 32.6. The molecule has 2 heterocycles. The van der Waals surface area contributed by atoms with Crippen molar-refractivity contribution < 1.29 is 14.7 Å². The predicted molar refractivity (Wildman–Crippen MR) is 82.5 cm³/mol. The summed E-state index contributed by atoms with van der Waals surface area (Å²) >= 11 is 0. The highest BCUT2D eigenvalue weighted by molar-refractivity contribution is 5.99. The second kappa shape index (κ2) is 6.44. The normalized spacial score (nSPS) is 21.0. The van der Waals surface area contributed by atoms with Gasteiger partial charge in [-0.05, 0) is 31.9 Å². The Bertz CT molecular complexity index is 574. The number of aliphatic hydroxyl groups is 1. The van der Waals surface area contributed by atoms with Crippen molar-refractivity contribution in [2.75, 3.05) is 20.7 Å². The van der Waals surface area contributed by atoms with Crippen molar-refractivity contribution in [1.82, 2.24) is 14.8 Å². The van der Waals surface area contributed by atoms with Gasteiger partial charge in [-0.1, -0.05) is 6.07 Å². The Morgan fingerprint density at radius 3 is 2.77 bits per heavy atom.